The second-order valence-electron chi connectivity index (χ2n) is 4.82. The molecule has 3 atom stereocenters. The van der Waals surface area contributed by atoms with Crippen molar-refractivity contribution >= 4 is 5.97 Å². The van der Waals surface area contributed by atoms with E-state index >= 15 is 0 Å². The lowest BCUT2D eigenvalue weighted by molar-refractivity contribution is -0.141. The normalized spacial score (nSPS) is 32.9. The van der Waals surface area contributed by atoms with Gasteiger partial charge in [0.25, 0.3) is 0 Å². The molecule has 0 amide bonds. The Kier molecular flexibility index (Phi) is 4.14. The molecule has 3 unspecified atom stereocenters. The smallest absolute Gasteiger partial charge is 0.303 e. The maximum absolute atomic E-state index is 11.0. The first-order valence-corrected chi connectivity index (χ1v) is 6.04. The molecule has 88 valence electrons. The minimum atomic E-state index is -0.695. The van der Waals surface area contributed by atoms with E-state index in [-0.39, 0.29) is 17.9 Å². The number of carboxylic acids is 1. The third-order valence-electron chi connectivity index (χ3n) is 4.16. The summed E-state index contributed by atoms with van der Waals surface area (Å²) in [5.41, 5.74) is 6.03. The fraction of sp³-hybridized carbons (Fsp3) is 0.917. The maximum Gasteiger partial charge on any atom is 0.303 e. The Labute approximate surface area is 92.0 Å². The molecule has 1 aliphatic rings. The van der Waals surface area contributed by atoms with Gasteiger partial charge in [-0.15, -0.1) is 0 Å². The predicted octanol–water partition coefficient (Wildman–Crippen LogP) is 2.39. The third-order valence-corrected chi connectivity index (χ3v) is 4.16. The summed E-state index contributed by atoms with van der Waals surface area (Å²) in [5, 5.41) is 9.04. The van der Waals surface area contributed by atoms with E-state index in [2.05, 4.69) is 13.8 Å². The average molecular weight is 213 g/mol. The standard InChI is InChI=1S/C12H23NO2/c1-3-9-6-5-7-12(9,8-11(14)15)10(13)4-2/h9-10H,3-8,13H2,1-2H3,(H,14,15). The Balaban J connectivity index is 2.88. The second kappa shape index (κ2) is 4.97. The predicted molar refractivity (Wildman–Crippen MR) is 60.6 cm³/mol. The van der Waals surface area contributed by atoms with Gasteiger partial charge in [0.2, 0.25) is 0 Å². The molecule has 1 aliphatic carbocycles. The molecule has 15 heavy (non-hydrogen) atoms. The van der Waals surface area contributed by atoms with Crippen molar-refractivity contribution in [1.29, 1.82) is 0 Å². The Morgan fingerprint density at radius 1 is 1.60 bits per heavy atom. The van der Waals surface area contributed by atoms with Gasteiger partial charge in [0.1, 0.15) is 0 Å². The van der Waals surface area contributed by atoms with Crippen molar-refractivity contribution in [3.63, 3.8) is 0 Å². The zero-order chi connectivity index (χ0) is 11.5. The van der Waals surface area contributed by atoms with Gasteiger partial charge in [-0.1, -0.05) is 26.7 Å². The summed E-state index contributed by atoms with van der Waals surface area (Å²) in [6.07, 6.45) is 5.47. The van der Waals surface area contributed by atoms with Crippen molar-refractivity contribution in [3.05, 3.63) is 0 Å². The topological polar surface area (TPSA) is 63.3 Å². The van der Waals surface area contributed by atoms with E-state index in [4.69, 9.17) is 10.8 Å². The molecule has 3 heteroatoms. The van der Waals surface area contributed by atoms with Gasteiger partial charge in [0.05, 0.1) is 6.42 Å². The quantitative estimate of drug-likeness (QED) is 0.737. The highest BCUT2D eigenvalue weighted by molar-refractivity contribution is 5.68. The molecule has 0 spiro atoms. The Hall–Kier alpha value is -0.570. The first kappa shape index (κ1) is 12.5. The van der Waals surface area contributed by atoms with Crippen LogP contribution in [-0.4, -0.2) is 17.1 Å². The van der Waals surface area contributed by atoms with Crippen LogP contribution in [0.4, 0.5) is 0 Å². The van der Waals surface area contributed by atoms with Gasteiger partial charge in [-0.25, -0.2) is 0 Å². The minimum absolute atomic E-state index is 0.0426. The van der Waals surface area contributed by atoms with Crippen molar-refractivity contribution in [2.24, 2.45) is 17.1 Å². The van der Waals surface area contributed by atoms with E-state index in [1.54, 1.807) is 0 Å². The van der Waals surface area contributed by atoms with Crippen molar-refractivity contribution in [1.82, 2.24) is 0 Å². The lowest BCUT2D eigenvalue weighted by atomic mass is 9.68. The molecule has 0 heterocycles. The molecule has 0 saturated heterocycles. The van der Waals surface area contributed by atoms with Crippen molar-refractivity contribution in [2.75, 3.05) is 0 Å². The molecule has 0 aromatic rings. The van der Waals surface area contributed by atoms with Gasteiger partial charge in [-0.3, -0.25) is 4.79 Å². The van der Waals surface area contributed by atoms with Crippen LogP contribution in [0.25, 0.3) is 0 Å². The number of rotatable bonds is 5. The Morgan fingerprint density at radius 3 is 2.73 bits per heavy atom. The van der Waals surface area contributed by atoms with Crippen LogP contribution < -0.4 is 5.73 Å². The summed E-state index contributed by atoms with van der Waals surface area (Å²) in [7, 11) is 0. The van der Waals surface area contributed by atoms with Crippen LogP contribution in [0.1, 0.15) is 52.4 Å². The number of carboxylic acid groups (broad SMARTS) is 1. The van der Waals surface area contributed by atoms with Crippen LogP contribution in [-0.2, 0) is 4.79 Å². The van der Waals surface area contributed by atoms with E-state index in [9.17, 15) is 4.79 Å². The third kappa shape index (κ3) is 2.33. The first-order valence-electron chi connectivity index (χ1n) is 6.04. The average Bonchev–Trinajstić information content (AvgIpc) is 2.59. The molecule has 1 rings (SSSR count). The first-order chi connectivity index (χ1) is 7.06. The van der Waals surface area contributed by atoms with Gasteiger partial charge in [-0.2, -0.15) is 0 Å². The molecule has 0 radical (unpaired) electrons. The van der Waals surface area contributed by atoms with Crippen LogP contribution in [0.2, 0.25) is 0 Å². The number of nitrogens with two attached hydrogens (primary N) is 1. The van der Waals surface area contributed by atoms with Gasteiger partial charge in [0, 0.05) is 6.04 Å². The molecule has 0 aromatic heterocycles. The van der Waals surface area contributed by atoms with Gasteiger partial charge in [-0.05, 0) is 30.6 Å². The number of carbonyl (C=O) groups is 1. The van der Waals surface area contributed by atoms with Crippen LogP contribution in [0.3, 0.4) is 0 Å². The summed E-state index contributed by atoms with van der Waals surface area (Å²) < 4.78 is 0. The summed E-state index contributed by atoms with van der Waals surface area (Å²) >= 11 is 0. The number of aliphatic carboxylic acids is 1. The van der Waals surface area contributed by atoms with E-state index in [0.29, 0.717) is 5.92 Å². The fourth-order valence-electron chi connectivity index (χ4n) is 3.32. The minimum Gasteiger partial charge on any atom is -0.481 e. The molecular weight excluding hydrogens is 190 g/mol. The van der Waals surface area contributed by atoms with Gasteiger partial charge < -0.3 is 10.8 Å². The van der Waals surface area contributed by atoms with Crippen LogP contribution in [0, 0.1) is 11.3 Å². The monoisotopic (exact) mass is 213 g/mol. The van der Waals surface area contributed by atoms with Crippen molar-refractivity contribution in [2.45, 2.75) is 58.4 Å². The Morgan fingerprint density at radius 2 is 2.27 bits per heavy atom. The summed E-state index contributed by atoms with van der Waals surface area (Å²) in [6.45, 7) is 4.20. The van der Waals surface area contributed by atoms with Crippen molar-refractivity contribution in [3.8, 4) is 0 Å². The SMILES string of the molecule is CCC(N)C1(CC(=O)O)CCCC1CC. The number of hydrogen-bond acceptors (Lipinski definition) is 2. The highest BCUT2D eigenvalue weighted by Gasteiger charge is 2.46. The summed E-state index contributed by atoms with van der Waals surface area (Å²) in [6, 6.07) is 0.0426. The Bertz CT molecular complexity index is 230. The van der Waals surface area contributed by atoms with E-state index in [1.807, 2.05) is 0 Å². The number of hydrogen-bond donors (Lipinski definition) is 2. The van der Waals surface area contributed by atoms with Crippen LogP contribution >= 0.6 is 0 Å². The highest BCUT2D eigenvalue weighted by atomic mass is 16.4. The lowest BCUT2D eigenvalue weighted by Gasteiger charge is -2.39. The second-order valence-corrected chi connectivity index (χ2v) is 4.82. The molecule has 0 bridgehead atoms. The van der Waals surface area contributed by atoms with E-state index < -0.39 is 5.97 Å². The van der Waals surface area contributed by atoms with Gasteiger partial charge in [0.15, 0.2) is 0 Å². The zero-order valence-corrected chi connectivity index (χ0v) is 9.83. The lowest BCUT2D eigenvalue weighted by Crippen LogP contribution is -2.45. The van der Waals surface area contributed by atoms with E-state index in [1.165, 1.54) is 0 Å². The molecule has 3 N–H and O–H groups in total. The molecule has 0 aromatic carbocycles. The highest BCUT2D eigenvalue weighted by Crippen LogP contribution is 2.50. The summed E-state index contributed by atoms with van der Waals surface area (Å²) in [4.78, 5) is 11.0. The molecule has 0 aliphatic heterocycles. The molecule has 1 saturated carbocycles. The van der Waals surface area contributed by atoms with Crippen molar-refractivity contribution < 1.29 is 9.90 Å². The van der Waals surface area contributed by atoms with E-state index in [0.717, 1.165) is 32.1 Å². The fourth-order valence-corrected chi connectivity index (χ4v) is 3.32. The van der Waals surface area contributed by atoms with Crippen LogP contribution in [0.5, 0.6) is 0 Å². The molecule has 1 fully saturated rings. The molecule has 3 nitrogen and oxygen atoms in total. The van der Waals surface area contributed by atoms with Crippen LogP contribution in [0.15, 0.2) is 0 Å². The maximum atomic E-state index is 11.0. The molecular formula is C12H23NO2. The van der Waals surface area contributed by atoms with Gasteiger partial charge >= 0.3 is 5.97 Å². The zero-order valence-electron chi connectivity index (χ0n) is 9.83. The largest absolute Gasteiger partial charge is 0.481 e. The summed E-state index contributed by atoms with van der Waals surface area (Å²) in [5.74, 6) is -0.192.